The Labute approximate surface area is 148 Å². The third-order valence-corrected chi connectivity index (χ3v) is 6.79. The van der Waals surface area contributed by atoms with Gasteiger partial charge in [-0.25, -0.2) is 0 Å². The van der Waals surface area contributed by atoms with Gasteiger partial charge in [0.15, 0.2) is 0 Å². The van der Waals surface area contributed by atoms with E-state index in [2.05, 4.69) is 49.0 Å². The molecule has 2 rings (SSSR count). The number of unbranched alkanes of at least 4 members (excludes halogenated alkanes) is 3. The lowest BCUT2D eigenvalue weighted by Crippen LogP contribution is -1.94. The van der Waals surface area contributed by atoms with Crippen molar-refractivity contribution in [1.82, 2.24) is 3.97 Å². The molecule has 0 spiro atoms. The third-order valence-electron chi connectivity index (χ3n) is 3.54. The van der Waals surface area contributed by atoms with Gasteiger partial charge in [-0.2, -0.15) is 0 Å². The Morgan fingerprint density at radius 1 is 0.818 bits per heavy atom. The predicted molar refractivity (Wildman–Crippen MR) is 107 cm³/mol. The third kappa shape index (κ3) is 4.42. The Hall–Kier alpha value is -0.190. The van der Waals surface area contributed by atoms with E-state index < -0.39 is 0 Å². The molecule has 0 saturated heterocycles. The van der Waals surface area contributed by atoms with E-state index >= 15 is 0 Å². The summed E-state index contributed by atoms with van der Waals surface area (Å²) in [6.45, 7) is 6.77. The molecule has 4 heteroatoms. The maximum atomic E-state index is 2.51. The van der Waals surface area contributed by atoms with Crippen LogP contribution in [0.15, 0.2) is 34.3 Å². The Kier molecular flexibility index (Phi) is 8.12. The summed E-state index contributed by atoms with van der Waals surface area (Å²) < 4.78 is 2.51. The molecule has 22 heavy (non-hydrogen) atoms. The Balaban J connectivity index is 2.27. The minimum atomic E-state index is 1.13. The van der Waals surface area contributed by atoms with Crippen LogP contribution in [0.5, 0.6) is 0 Å². The van der Waals surface area contributed by atoms with Gasteiger partial charge in [0.2, 0.25) is 0 Å². The number of fused-ring (bicyclic) bond motifs is 1. The number of hydrogen-bond donors (Lipinski definition) is 0. The predicted octanol–water partition coefficient (Wildman–Crippen LogP) is 6.94. The standard InChI is InChI=1S/C18H27NS3/c1-4-7-8-11-14-22-19-17(20-5-2)15-12-9-10-13-16(15)18(19)21-6-3/h9-10,12-13H,4-8,11,14H2,1-3H3. The molecule has 0 aliphatic carbocycles. The van der Waals surface area contributed by atoms with E-state index in [4.69, 9.17) is 0 Å². The molecule has 0 saturated carbocycles. The van der Waals surface area contributed by atoms with Gasteiger partial charge in [0, 0.05) is 16.5 Å². The molecule has 0 N–H and O–H groups in total. The summed E-state index contributed by atoms with van der Waals surface area (Å²) in [4.78, 5) is 0. The van der Waals surface area contributed by atoms with Gasteiger partial charge in [-0.1, -0.05) is 64.3 Å². The number of aromatic nitrogens is 1. The van der Waals surface area contributed by atoms with Crippen LogP contribution >= 0.6 is 35.5 Å². The first kappa shape index (κ1) is 18.2. The highest BCUT2D eigenvalue weighted by atomic mass is 32.2. The first-order valence-electron chi connectivity index (χ1n) is 8.35. The molecule has 0 bridgehead atoms. The molecule has 1 aromatic heterocycles. The van der Waals surface area contributed by atoms with E-state index in [0.29, 0.717) is 0 Å². The zero-order chi connectivity index (χ0) is 15.8. The van der Waals surface area contributed by atoms with Crippen molar-refractivity contribution in [1.29, 1.82) is 0 Å². The fourth-order valence-electron chi connectivity index (χ4n) is 2.52. The fraction of sp³-hybridized carbons (Fsp3) is 0.556. The fourth-order valence-corrected chi connectivity index (χ4v) is 5.78. The van der Waals surface area contributed by atoms with Gasteiger partial charge in [0.25, 0.3) is 0 Å². The van der Waals surface area contributed by atoms with E-state index in [9.17, 15) is 0 Å². The van der Waals surface area contributed by atoms with Crippen LogP contribution in [0.3, 0.4) is 0 Å². The average molecular weight is 354 g/mol. The SMILES string of the molecule is CCCCCCSn1c(SCC)c2ccccc2c1SCC. The first-order chi connectivity index (χ1) is 10.8. The summed E-state index contributed by atoms with van der Waals surface area (Å²) in [7, 11) is 0. The lowest BCUT2D eigenvalue weighted by molar-refractivity contribution is 0.705. The second-order valence-electron chi connectivity index (χ2n) is 5.21. The molecular weight excluding hydrogens is 326 g/mol. The molecule has 0 atom stereocenters. The summed E-state index contributed by atoms with van der Waals surface area (Å²) in [5.41, 5.74) is 0. The maximum absolute atomic E-state index is 2.51. The van der Waals surface area contributed by atoms with Crippen LogP contribution in [0.1, 0.15) is 46.5 Å². The molecule has 0 unspecified atom stereocenters. The molecule has 1 heterocycles. The molecule has 0 aliphatic rings. The number of thioether (sulfide) groups is 2. The van der Waals surface area contributed by atoms with Crippen molar-refractivity contribution in [2.24, 2.45) is 0 Å². The highest BCUT2D eigenvalue weighted by Crippen LogP contribution is 2.41. The molecule has 2 aromatic rings. The summed E-state index contributed by atoms with van der Waals surface area (Å²) in [5, 5.41) is 5.72. The van der Waals surface area contributed by atoms with E-state index in [1.807, 2.05) is 35.5 Å². The molecule has 1 nitrogen and oxygen atoms in total. The van der Waals surface area contributed by atoms with Crippen LogP contribution in [0.4, 0.5) is 0 Å². The topological polar surface area (TPSA) is 4.93 Å². The monoisotopic (exact) mass is 353 g/mol. The maximum Gasteiger partial charge on any atom is 0.0943 e. The number of rotatable bonds is 10. The highest BCUT2D eigenvalue weighted by molar-refractivity contribution is 8.03. The summed E-state index contributed by atoms with van der Waals surface area (Å²) in [6.07, 6.45) is 5.35. The molecule has 1 aromatic carbocycles. The molecule has 122 valence electrons. The largest absolute Gasteiger partial charge is 0.271 e. The summed E-state index contributed by atoms with van der Waals surface area (Å²) in [6, 6.07) is 8.89. The van der Waals surface area contributed by atoms with Gasteiger partial charge in [0.05, 0.1) is 10.1 Å². The number of hydrogen-bond acceptors (Lipinski definition) is 3. The molecule has 0 aliphatic heterocycles. The zero-order valence-corrected chi connectivity index (χ0v) is 16.4. The van der Waals surface area contributed by atoms with Crippen molar-refractivity contribution in [2.75, 3.05) is 17.3 Å². The van der Waals surface area contributed by atoms with E-state index in [0.717, 1.165) is 11.5 Å². The summed E-state index contributed by atoms with van der Waals surface area (Å²) in [5.74, 6) is 3.47. The van der Waals surface area contributed by atoms with Gasteiger partial charge in [-0.05, 0) is 29.9 Å². The Morgan fingerprint density at radius 2 is 1.41 bits per heavy atom. The van der Waals surface area contributed by atoms with Gasteiger partial charge in [0.1, 0.15) is 0 Å². The van der Waals surface area contributed by atoms with Crippen molar-refractivity contribution < 1.29 is 0 Å². The quantitative estimate of drug-likeness (QED) is 0.337. The van der Waals surface area contributed by atoms with E-state index in [1.165, 1.54) is 52.3 Å². The van der Waals surface area contributed by atoms with Crippen LogP contribution in [0, 0.1) is 0 Å². The number of nitrogens with zero attached hydrogens (tertiary/aromatic N) is 1. The van der Waals surface area contributed by atoms with Crippen LogP contribution < -0.4 is 0 Å². The molecule has 0 fully saturated rings. The first-order valence-corrected chi connectivity index (χ1v) is 11.3. The smallest absolute Gasteiger partial charge is 0.0943 e. The van der Waals surface area contributed by atoms with Crippen molar-refractivity contribution in [3.05, 3.63) is 24.3 Å². The zero-order valence-electron chi connectivity index (χ0n) is 13.9. The molecular formula is C18H27NS3. The van der Waals surface area contributed by atoms with Gasteiger partial charge in [-0.15, -0.1) is 23.5 Å². The molecule has 0 amide bonds. The van der Waals surface area contributed by atoms with E-state index in [-0.39, 0.29) is 0 Å². The van der Waals surface area contributed by atoms with Gasteiger partial charge < -0.3 is 0 Å². The van der Waals surface area contributed by atoms with Crippen molar-refractivity contribution in [3.8, 4) is 0 Å². The number of benzene rings is 1. The van der Waals surface area contributed by atoms with Crippen molar-refractivity contribution in [2.45, 2.75) is 56.5 Å². The lowest BCUT2D eigenvalue weighted by atomic mass is 10.2. The minimum Gasteiger partial charge on any atom is -0.271 e. The summed E-state index contributed by atoms with van der Waals surface area (Å²) >= 11 is 5.96. The van der Waals surface area contributed by atoms with Crippen LogP contribution in [-0.4, -0.2) is 21.2 Å². The second kappa shape index (κ2) is 9.84. The normalized spacial score (nSPS) is 11.4. The Morgan fingerprint density at radius 3 is 1.91 bits per heavy atom. The van der Waals surface area contributed by atoms with Crippen molar-refractivity contribution >= 4 is 46.2 Å². The van der Waals surface area contributed by atoms with Crippen molar-refractivity contribution in [3.63, 3.8) is 0 Å². The van der Waals surface area contributed by atoms with Gasteiger partial charge >= 0.3 is 0 Å². The second-order valence-corrected chi connectivity index (χ2v) is 8.75. The molecule has 0 radical (unpaired) electrons. The van der Waals surface area contributed by atoms with Crippen LogP contribution in [0.25, 0.3) is 10.8 Å². The van der Waals surface area contributed by atoms with Gasteiger partial charge in [-0.3, -0.25) is 3.97 Å². The van der Waals surface area contributed by atoms with Crippen LogP contribution in [-0.2, 0) is 0 Å². The van der Waals surface area contributed by atoms with Crippen LogP contribution in [0.2, 0.25) is 0 Å². The minimum absolute atomic E-state index is 1.13. The van der Waals surface area contributed by atoms with E-state index in [1.54, 1.807) is 0 Å². The Bertz CT molecular complexity index is 534. The highest BCUT2D eigenvalue weighted by Gasteiger charge is 2.17. The lowest BCUT2D eigenvalue weighted by Gasteiger charge is -2.11. The average Bonchev–Trinajstić information content (AvgIpc) is 2.82.